The molecule has 0 radical (unpaired) electrons. The molecule has 156 valence electrons. The van der Waals surface area contributed by atoms with Gasteiger partial charge in [-0.15, -0.1) is 11.3 Å². The number of benzene rings is 2. The number of ether oxygens (including phenoxy) is 1. The van der Waals surface area contributed by atoms with Gasteiger partial charge in [0.15, 0.2) is 5.13 Å². The highest BCUT2D eigenvalue weighted by Gasteiger charge is 2.48. The van der Waals surface area contributed by atoms with Gasteiger partial charge in [-0.2, -0.15) is 0 Å². The fourth-order valence-electron chi connectivity index (χ4n) is 4.05. The highest BCUT2D eigenvalue weighted by atomic mass is 79.9. The lowest BCUT2D eigenvalue weighted by molar-refractivity contribution is -0.132. The van der Waals surface area contributed by atoms with Crippen molar-refractivity contribution in [2.75, 3.05) is 4.90 Å². The van der Waals surface area contributed by atoms with Crippen molar-refractivity contribution in [3.8, 4) is 5.75 Å². The molecular weight excluding hydrogens is 480 g/mol. The molecule has 2 aliphatic heterocycles. The summed E-state index contributed by atoms with van der Waals surface area (Å²) >= 11 is 4.68. The Labute approximate surface area is 190 Å². The van der Waals surface area contributed by atoms with E-state index in [-0.39, 0.29) is 17.4 Å². The lowest BCUT2D eigenvalue weighted by Crippen LogP contribution is -2.29. The summed E-state index contributed by atoms with van der Waals surface area (Å²) < 4.78 is 6.61. The number of aliphatic hydroxyl groups excluding tert-OH is 1. The molecule has 3 heterocycles. The summed E-state index contributed by atoms with van der Waals surface area (Å²) in [5, 5.41) is 13.4. The third kappa shape index (κ3) is 3.36. The highest BCUT2D eigenvalue weighted by Crippen LogP contribution is 2.43. The number of carbonyl (C=O) groups excluding carboxylic acids is 2. The number of rotatable bonds is 3. The van der Waals surface area contributed by atoms with Gasteiger partial charge in [0.25, 0.3) is 5.78 Å². The average Bonchev–Trinajstić information content (AvgIpc) is 3.46. The predicted octanol–water partition coefficient (Wildman–Crippen LogP) is 4.86. The van der Waals surface area contributed by atoms with Gasteiger partial charge in [0, 0.05) is 28.0 Å². The van der Waals surface area contributed by atoms with E-state index < -0.39 is 17.7 Å². The molecule has 31 heavy (non-hydrogen) atoms. The minimum atomic E-state index is -0.775. The fourth-order valence-corrected chi connectivity index (χ4v) is 4.98. The number of Topliss-reactive ketones (excluding diaryl/α,β-unsaturated/α-hetero) is 1. The van der Waals surface area contributed by atoms with Gasteiger partial charge in [-0.3, -0.25) is 14.5 Å². The minimum absolute atomic E-state index is 0.0504. The van der Waals surface area contributed by atoms with E-state index >= 15 is 0 Å². The van der Waals surface area contributed by atoms with Crippen LogP contribution in [0.1, 0.15) is 29.7 Å². The lowest BCUT2D eigenvalue weighted by atomic mass is 9.94. The van der Waals surface area contributed by atoms with E-state index in [1.54, 1.807) is 23.7 Å². The van der Waals surface area contributed by atoms with Gasteiger partial charge in [0.2, 0.25) is 0 Å². The van der Waals surface area contributed by atoms with Crippen molar-refractivity contribution < 1.29 is 19.4 Å². The first kappa shape index (κ1) is 20.0. The summed E-state index contributed by atoms with van der Waals surface area (Å²) in [6.45, 7) is 1.98. The molecule has 0 aliphatic carbocycles. The fraction of sp³-hybridized carbons (Fsp3) is 0.174. The number of anilines is 1. The normalized spacial score (nSPS) is 21.9. The van der Waals surface area contributed by atoms with Crippen LogP contribution in [-0.4, -0.2) is 27.9 Å². The quantitative estimate of drug-likeness (QED) is 0.318. The maximum Gasteiger partial charge on any atom is 0.301 e. The van der Waals surface area contributed by atoms with Crippen molar-refractivity contribution >= 4 is 49.8 Å². The van der Waals surface area contributed by atoms with E-state index in [2.05, 4.69) is 20.9 Å². The summed E-state index contributed by atoms with van der Waals surface area (Å²) in [6.07, 6.45) is 2.37. The smallest absolute Gasteiger partial charge is 0.301 e. The van der Waals surface area contributed by atoms with Gasteiger partial charge in [-0.25, -0.2) is 4.98 Å². The molecule has 0 unspecified atom stereocenters. The Morgan fingerprint density at radius 2 is 2.00 bits per heavy atom. The number of amides is 1. The zero-order valence-corrected chi connectivity index (χ0v) is 18.8. The van der Waals surface area contributed by atoms with Gasteiger partial charge in [-0.1, -0.05) is 28.1 Å². The third-order valence-electron chi connectivity index (χ3n) is 5.42. The molecule has 6 nitrogen and oxygen atoms in total. The van der Waals surface area contributed by atoms with Crippen LogP contribution in [-0.2, 0) is 16.0 Å². The van der Waals surface area contributed by atoms with Crippen LogP contribution in [0.5, 0.6) is 5.75 Å². The van der Waals surface area contributed by atoms with Crippen molar-refractivity contribution in [2.45, 2.75) is 25.5 Å². The Balaban J connectivity index is 1.68. The van der Waals surface area contributed by atoms with E-state index in [1.165, 1.54) is 16.2 Å². The van der Waals surface area contributed by atoms with Crippen molar-refractivity contribution in [3.05, 3.63) is 80.8 Å². The molecule has 1 aromatic heterocycles. The molecule has 0 saturated carbocycles. The molecule has 0 spiro atoms. The maximum absolute atomic E-state index is 13.1. The number of carbonyl (C=O) groups is 2. The number of hydrogen-bond acceptors (Lipinski definition) is 6. The Bertz CT molecular complexity index is 1220. The molecule has 8 heteroatoms. The van der Waals surface area contributed by atoms with Crippen LogP contribution in [0.15, 0.2) is 64.1 Å². The molecule has 0 bridgehead atoms. The first-order valence-electron chi connectivity index (χ1n) is 9.70. The SMILES string of the molecule is C[C@H]1Cc2cc(C(O)=C3C(=O)C(=O)N(c4nccs4)[C@@H]3c3ccc(Br)cc3)ccc2O1. The largest absolute Gasteiger partial charge is 0.507 e. The highest BCUT2D eigenvalue weighted by molar-refractivity contribution is 9.10. The number of aromatic nitrogens is 1. The number of fused-ring (bicyclic) bond motifs is 1. The number of aliphatic hydroxyl groups is 1. The van der Waals surface area contributed by atoms with E-state index in [0.29, 0.717) is 16.3 Å². The number of ketones is 1. The first-order chi connectivity index (χ1) is 14.9. The maximum atomic E-state index is 13.1. The summed E-state index contributed by atoms with van der Waals surface area (Å²) in [5.41, 5.74) is 2.20. The number of hydrogen-bond donors (Lipinski definition) is 1. The zero-order valence-electron chi connectivity index (χ0n) is 16.4. The molecule has 1 N–H and O–H groups in total. The molecule has 1 fully saturated rings. The topological polar surface area (TPSA) is 79.7 Å². The van der Waals surface area contributed by atoms with Gasteiger partial charge in [0.1, 0.15) is 17.6 Å². The van der Waals surface area contributed by atoms with Gasteiger partial charge < -0.3 is 9.84 Å². The number of thiazole rings is 1. The molecule has 2 aromatic carbocycles. The van der Waals surface area contributed by atoms with Crippen LogP contribution in [0.2, 0.25) is 0 Å². The van der Waals surface area contributed by atoms with E-state index in [9.17, 15) is 14.7 Å². The Morgan fingerprint density at radius 1 is 1.23 bits per heavy atom. The second-order valence-electron chi connectivity index (χ2n) is 7.49. The van der Waals surface area contributed by atoms with Crippen molar-refractivity contribution in [2.24, 2.45) is 0 Å². The first-order valence-corrected chi connectivity index (χ1v) is 11.4. The molecule has 3 aromatic rings. The van der Waals surface area contributed by atoms with Crippen molar-refractivity contribution in [1.82, 2.24) is 4.98 Å². The predicted molar refractivity (Wildman–Crippen MR) is 121 cm³/mol. The average molecular weight is 497 g/mol. The monoisotopic (exact) mass is 496 g/mol. The second kappa shape index (κ2) is 7.62. The summed E-state index contributed by atoms with van der Waals surface area (Å²) in [4.78, 5) is 31.7. The van der Waals surface area contributed by atoms with Crippen LogP contribution in [0.3, 0.4) is 0 Å². The van der Waals surface area contributed by atoms with E-state index in [1.807, 2.05) is 37.3 Å². The molecule has 5 rings (SSSR count). The van der Waals surface area contributed by atoms with Gasteiger partial charge >= 0.3 is 5.91 Å². The van der Waals surface area contributed by atoms with Crippen LogP contribution < -0.4 is 9.64 Å². The lowest BCUT2D eigenvalue weighted by Gasteiger charge is -2.23. The van der Waals surface area contributed by atoms with Crippen molar-refractivity contribution in [1.29, 1.82) is 0 Å². The van der Waals surface area contributed by atoms with Crippen LogP contribution in [0.4, 0.5) is 5.13 Å². The van der Waals surface area contributed by atoms with E-state index in [0.717, 1.165) is 22.2 Å². The van der Waals surface area contributed by atoms with Crippen LogP contribution in [0.25, 0.3) is 5.76 Å². The summed E-state index contributed by atoms with van der Waals surface area (Å²) in [5.74, 6) is -0.863. The minimum Gasteiger partial charge on any atom is -0.507 e. The zero-order chi connectivity index (χ0) is 21.7. The Hall–Kier alpha value is -2.97. The van der Waals surface area contributed by atoms with Crippen LogP contribution >= 0.6 is 27.3 Å². The standard InChI is InChI=1S/C23H17BrN2O4S/c1-12-10-15-11-14(4-7-17(15)30-12)20(27)18-19(13-2-5-16(24)6-3-13)26(22(29)21(18)28)23-25-8-9-31-23/h2-9,11-12,19,27H,10H2,1H3/t12-,19+/m0/s1. The van der Waals surface area contributed by atoms with Gasteiger partial charge in [0.05, 0.1) is 11.6 Å². The molecule has 1 saturated heterocycles. The van der Waals surface area contributed by atoms with E-state index in [4.69, 9.17) is 4.74 Å². The molecule has 1 amide bonds. The van der Waals surface area contributed by atoms with Crippen LogP contribution in [0, 0.1) is 0 Å². The number of nitrogens with zero attached hydrogens (tertiary/aromatic N) is 2. The summed E-state index contributed by atoms with van der Waals surface area (Å²) in [6, 6.07) is 11.9. The summed E-state index contributed by atoms with van der Waals surface area (Å²) in [7, 11) is 0. The Morgan fingerprint density at radius 3 is 2.71 bits per heavy atom. The Kier molecular flexibility index (Phi) is 4.91. The number of halogens is 1. The van der Waals surface area contributed by atoms with Crippen molar-refractivity contribution in [3.63, 3.8) is 0 Å². The molecule has 2 aliphatic rings. The third-order valence-corrected chi connectivity index (χ3v) is 6.72. The van der Waals surface area contributed by atoms with Gasteiger partial charge in [-0.05, 0) is 48.4 Å². The molecule has 2 atom stereocenters. The molecular formula is C23H17BrN2O4S. The second-order valence-corrected chi connectivity index (χ2v) is 9.28.